The van der Waals surface area contributed by atoms with Gasteiger partial charge in [0.05, 0.1) is 17.7 Å². The highest BCUT2D eigenvalue weighted by atomic mass is 16.6. The molecule has 0 spiro atoms. The van der Waals surface area contributed by atoms with Gasteiger partial charge in [-0.3, -0.25) is 14.5 Å². The van der Waals surface area contributed by atoms with Crippen molar-refractivity contribution in [3.63, 3.8) is 0 Å². The van der Waals surface area contributed by atoms with Crippen LogP contribution in [0.5, 0.6) is 0 Å². The highest BCUT2D eigenvalue weighted by Gasteiger charge is 2.46. The Morgan fingerprint density at radius 1 is 1.13 bits per heavy atom. The van der Waals surface area contributed by atoms with Crippen LogP contribution < -0.4 is 5.32 Å². The molecule has 2 aliphatic heterocycles. The maximum atomic E-state index is 12.9. The number of nitrogens with zero attached hydrogens (tertiary/aromatic N) is 1. The average molecular weight is 408 g/mol. The number of fused-ring (bicyclic) bond motifs is 1. The minimum absolute atomic E-state index is 0.191. The molecule has 30 heavy (non-hydrogen) atoms. The van der Waals surface area contributed by atoms with E-state index in [4.69, 9.17) is 9.47 Å². The van der Waals surface area contributed by atoms with Gasteiger partial charge in [-0.25, -0.2) is 9.59 Å². The molecule has 2 aromatic carbocycles. The molecule has 0 aromatic heterocycles. The number of cyclic esters (lactones) is 1. The Morgan fingerprint density at radius 3 is 2.60 bits per heavy atom. The molecule has 1 fully saturated rings. The van der Waals surface area contributed by atoms with Gasteiger partial charge in [-0.1, -0.05) is 18.2 Å². The summed E-state index contributed by atoms with van der Waals surface area (Å²) in [6.45, 7) is 2.00. The number of carbonyl (C=O) groups excluding carboxylic acids is 4. The summed E-state index contributed by atoms with van der Waals surface area (Å²) in [5.41, 5.74) is 1.84. The molecule has 2 amide bonds. The van der Waals surface area contributed by atoms with Gasteiger partial charge in [0.2, 0.25) is 18.0 Å². The van der Waals surface area contributed by atoms with Gasteiger partial charge in [-0.2, -0.15) is 0 Å². The Balaban J connectivity index is 1.51. The third kappa shape index (κ3) is 3.52. The molecule has 0 bridgehead atoms. The van der Waals surface area contributed by atoms with Crippen molar-refractivity contribution in [1.29, 1.82) is 0 Å². The van der Waals surface area contributed by atoms with Gasteiger partial charge in [-0.15, -0.1) is 0 Å². The van der Waals surface area contributed by atoms with Crippen LogP contribution >= 0.6 is 0 Å². The third-order valence-electron chi connectivity index (χ3n) is 5.14. The van der Waals surface area contributed by atoms with Crippen LogP contribution in [0.15, 0.2) is 48.5 Å². The second-order valence-electron chi connectivity index (χ2n) is 6.99. The predicted octanol–water partition coefficient (Wildman–Crippen LogP) is 2.66. The van der Waals surface area contributed by atoms with Crippen LogP contribution in [0.25, 0.3) is 0 Å². The van der Waals surface area contributed by atoms with E-state index in [1.807, 2.05) is 0 Å². The summed E-state index contributed by atoms with van der Waals surface area (Å²) in [5.74, 6) is -1.58. The Kier molecular flexibility index (Phi) is 5.22. The fourth-order valence-electron chi connectivity index (χ4n) is 3.72. The number of amides is 2. The molecule has 2 heterocycles. The van der Waals surface area contributed by atoms with Crippen LogP contribution in [-0.4, -0.2) is 41.3 Å². The lowest BCUT2D eigenvalue weighted by atomic mass is 10.1. The molecule has 0 aliphatic carbocycles. The number of ether oxygens (including phenoxy) is 2. The SMILES string of the molecule is CCOC(=O)c1ccc(NC(=O)[C@H]2CCC(=O)N2[C@H]2OC(=O)c3ccccc32)cc1. The summed E-state index contributed by atoms with van der Waals surface area (Å²) in [6.07, 6.45) is -0.400. The molecule has 2 atom stereocenters. The summed E-state index contributed by atoms with van der Waals surface area (Å²) in [5, 5.41) is 2.77. The van der Waals surface area contributed by atoms with Crippen LogP contribution in [0.3, 0.4) is 0 Å². The number of hydrogen-bond donors (Lipinski definition) is 1. The zero-order valence-electron chi connectivity index (χ0n) is 16.3. The number of anilines is 1. The molecule has 0 radical (unpaired) electrons. The van der Waals surface area contributed by atoms with Crippen LogP contribution in [-0.2, 0) is 19.1 Å². The Labute approximate surface area is 172 Å². The lowest BCUT2D eigenvalue weighted by Gasteiger charge is -2.29. The standard InChI is InChI=1S/C22H20N2O6/c1-2-29-21(27)13-7-9-14(10-8-13)23-19(26)17-11-12-18(25)24(17)20-15-5-3-4-6-16(15)22(28)30-20/h3-10,17,20H,2,11-12H2,1H3,(H,23,26)/t17-,20+/m1/s1. The number of hydrogen-bond acceptors (Lipinski definition) is 6. The van der Waals surface area contributed by atoms with E-state index in [0.29, 0.717) is 28.8 Å². The van der Waals surface area contributed by atoms with Gasteiger partial charge in [0, 0.05) is 17.7 Å². The number of nitrogens with one attached hydrogen (secondary N) is 1. The van der Waals surface area contributed by atoms with Gasteiger partial charge >= 0.3 is 11.9 Å². The predicted molar refractivity (Wildman–Crippen MR) is 105 cm³/mol. The van der Waals surface area contributed by atoms with E-state index in [1.165, 1.54) is 4.90 Å². The molecule has 0 unspecified atom stereocenters. The molecule has 4 rings (SSSR count). The second kappa shape index (κ2) is 7.98. The molecule has 2 aromatic rings. The highest BCUT2D eigenvalue weighted by molar-refractivity contribution is 6.00. The smallest absolute Gasteiger partial charge is 0.340 e. The lowest BCUT2D eigenvalue weighted by Crippen LogP contribution is -2.43. The van der Waals surface area contributed by atoms with Crippen LogP contribution in [0.1, 0.15) is 52.3 Å². The Bertz CT molecular complexity index is 1020. The summed E-state index contributed by atoms with van der Waals surface area (Å²) < 4.78 is 10.4. The van der Waals surface area contributed by atoms with Crippen molar-refractivity contribution < 1.29 is 28.7 Å². The van der Waals surface area contributed by atoms with Crippen LogP contribution in [0.4, 0.5) is 5.69 Å². The van der Waals surface area contributed by atoms with Crippen LogP contribution in [0.2, 0.25) is 0 Å². The Morgan fingerprint density at radius 2 is 1.87 bits per heavy atom. The van der Waals surface area contributed by atoms with Gasteiger partial charge in [0.15, 0.2) is 0 Å². The highest BCUT2D eigenvalue weighted by Crippen LogP contribution is 2.38. The zero-order chi connectivity index (χ0) is 21.3. The first-order valence-corrected chi connectivity index (χ1v) is 9.68. The van der Waals surface area contributed by atoms with Crippen LogP contribution in [0, 0.1) is 0 Å². The van der Waals surface area contributed by atoms with E-state index in [-0.39, 0.29) is 24.8 Å². The van der Waals surface area contributed by atoms with Gasteiger partial charge in [0.25, 0.3) is 0 Å². The van der Waals surface area contributed by atoms with Crippen molar-refractivity contribution in [2.45, 2.75) is 32.0 Å². The van der Waals surface area contributed by atoms with E-state index in [2.05, 4.69) is 5.32 Å². The first-order chi connectivity index (χ1) is 14.5. The molecule has 8 nitrogen and oxygen atoms in total. The van der Waals surface area contributed by atoms with Crippen molar-refractivity contribution in [3.8, 4) is 0 Å². The van der Waals surface area contributed by atoms with E-state index in [9.17, 15) is 19.2 Å². The second-order valence-corrected chi connectivity index (χ2v) is 6.99. The molecule has 1 N–H and O–H groups in total. The minimum atomic E-state index is -0.911. The van der Waals surface area contributed by atoms with Gasteiger partial charge in [-0.05, 0) is 43.7 Å². The van der Waals surface area contributed by atoms with E-state index < -0.39 is 24.2 Å². The van der Waals surface area contributed by atoms with Crippen molar-refractivity contribution in [3.05, 3.63) is 65.2 Å². The van der Waals surface area contributed by atoms with Crippen molar-refractivity contribution in [1.82, 2.24) is 4.90 Å². The zero-order valence-corrected chi connectivity index (χ0v) is 16.3. The van der Waals surface area contributed by atoms with E-state index >= 15 is 0 Å². The summed E-state index contributed by atoms with van der Waals surface area (Å²) >= 11 is 0. The van der Waals surface area contributed by atoms with E-state index in [0.717, 1.165) is 0 Å². The topological polar surface area (TPSA) is 102 Å². The van der Waals surface area contributed by atoms with Crippen molar-refractivity contribution in [2.24, 2.45) is 0 Å². The number of carbonyl (C=O) groups is 4. The maximum absolute atomic E-state index is 12.9. The van der Waals surface area contributed by atoms with Crippen molar-refractivity contribution in [2.75, 3.05) is 11.9 Å². The van der Waals surface area contributed by atoms with Gasteiger partial charge in [0.1, 0.15) is 6.04 Å². The molecular weight excluding hydrogens is 388 g/mol. The summed E-state index contributed by atoms with van der Waals surface area (Å²) in [7, 11) is 0. The number of benzene rings is 2. The lowest BCUT2D eigenvalue weighted by molar-refractivity contribution is -0.144. The van der Waals surface area contributed by atoms with Crippen molar-refractivity contribution >= 4 is 29.4 Å². The fraction of sp³-hybridized carbons (Fsp3) is 0.273. The number of esters is 2. The normalized spacial score (nSPS) is 20.0. The fourth-order valence-corrected chi connectivity index (χ4v) is 3.72. The largest absolute Gasteiger partial charge is 0.462 e. The maximum Gasteiger partial charge on any atom is 0.340 e. The molecule has 1 saturated heterocycles. The number of likely N-dealkylation sites (tertiary alicyclic amines) is 1. The molecular formula is C22H20N2O6. The summed E-state index contributed by atoms with van der Waals surface area (Å²) in [6, 6.07) is 12.4. The first-order valence-electron chi connectivity index (χ1n) is 9.68. The quantitative estimate of drug-likeness (QED) is 0.763. The van der Waals surface area contributed by atoms with E-state index in [1.54, 1.807) is 55.5 Å². The monoisotopic (exact) mass is 408 g/mol. The molecule has 2 aliphatic rings. The minimum Gasteiger partial charge on any atom is -0.462 e. The average Bonchev–Trinajstić information content (AvgIpc) is 3.29. The first kappa shape index (κ1) is 19.6. The Hall–Kier alpha value is -3.68. The third-order valence-corrected chi connectivity index (χ3v) is 5.14. The number of rotatable bonds is 5. The molecule has 154 valence electrons. The van der Waals surface area contributed by atoms with Gasteiger partial charge < -0.3 is 14.8 Å². The molecule has 0 saturated carbocycles. The summed E-state index contributed by atoms with van der Waals surface area (Å²) in [4.78, 5) is 50.7. The molecule has 8 heteroatoms.